The van der Waals surface area contributed by atoms with Gasteiger partial charge in [0.15, 0.2) is 0 Å². The molecule has 0 aliphatic carbocycles. The molecule has 0 saturated heterocycles. The van der Waals surface area contributed by atoms with Crippen LogP contribution in [-0.4, -0.2) is 35.1 Å². The normalized spacial score (nSPS) is 11.8. The molecule has 2 rings (SSSR count). The van der Waals surface area contributed by atoms with Gasteiger partial charge >= 0.3 is 0 Å². The number of carbonyl (C=O) groups is 2. The van der Waals surface area contributed by atoms with Gasteiger partial charge in [-0.15, -0.1) is 11.8 Å². The zero-order valence-electron chi connectivity index (χ0n) is 16.3. The van der Waals surface area contributed by atoms with E-state index in [9.17, 15) is 14.0 Å². The largest absolute Gasteiger partial charge is 0.355 e. The molecule has 0 aliphatic rings. The molecular formula is C21H23Cl2FN2O2S. The van der Waals surface area contributed by atoms with Crippen molar-refractivity contribution in [3.05, 3.63) is 69.5 Å². The second-order valence-electron chi connectivity index (χ2n) is 6.46. The molecule has 4 nitrogen and oxygen atoms in total. The third-order valence-electron chi connectivity index (χ3n) is 4.26. The van der Waals surface area contributed by atoms with Crippen LogP contribution in [0.2, 0.25) is 10.0 Å². The van der Waals surface area contributed by atoms with Crippen molar-refractivity contribution in [1.82, 2.24) is 10.2 Å². The topological polar surface area (TPSA) is 49.4 Å². The first-order chi connectivity index (χ1) is 13.8. The number of hydrogen-bond donors (Lipinski definition) is 1. The summed E-state index contributed by atoms with van der Waals surface area (Å²) in [5, 5.41) is 3.70. The third kappa shape index (κ3) is 7.21. The van der Waals surface area contributed by atoms with E-state index in [0.29, 0.717) is 22.3 Å². The van der Waals surface area contributed by atoms with E-state index in [1.165, 1.54) is 28.8 Å². The zero-order chi connectivity index (χ0) is 21.4. The van der Waals surface area contributed by atoms with Crippen LogP contribution >= 0.6 is 35.0 Å². The fourth-order valence-corrected chi connectivity index (χ4v) is 3.84. The maximum absolute atomic E-state index is 13.2. The summed E-state index contributed by atoms with van der Waals surface area (Å²) in [6, 6.07) is 10.6. The molecule has 2 aromatic rings. The summed E-state index contributed by atoms with van der Waals surface area (Å²) in [5.74, 6) is 0.0458. The highest BCUT2D eigenvalue weighted by Crippen LogP contribution is 2.25. The molecule has 0 fully saturated rings. The number of hydrogen-bond acceptors (Lipinski definition) is 3. The van der Waals surface area contributed by atoms with Gasteiger partial charge < -0.3 is 10.2 Å². The number of likely N-dealkylation sites (N-methyl/N-ethyl adjacent to an activating group) is 1. The molecule has 0 spiro atoms. The average molecular weight is 457 g/mol. The molecule has 1 atom stereocenters. The lowest BCUT2D eigenvalue weighted by atomic mass is 10.1. The Kier molecular flexibility index (Phi) is 9.27. The SMILES string of the molecule is CCNC(=O)[C@@H](C)N(Cc1ccc(F)cc1)C(=O)CSCc1ccc(Cl)c(Cl)c1. The number of halogens is 3. The van der Waals surface area contributed by atoms with Crippen LogP contribution in [0.3, 0.4) is 0 Å². The third-order valence-corrected chi connectivity index (χ3v) is 5.99. The minimum Gasteiger partial charge on any atom is -0.355 e. The number of benzene rings is 2. The smallest absolute Gasteiger partial charge is 0.242 e. The summed E-state index contributed by atoms with van der Waals surface area (Å²) >= 11 is 13.4. The highest BCUT2D eigenvalue weighted by molar-refractivity contribution is 7.99. The van der Waals surface area contributed by atoms with Crippen LogP contribution in [0.5, 0.6) is 0 Å². The van der Waals surface area contributed by atoms with Crippen molar-refractivity contribution in [1.29, 1.82) is 0 Å². The van der Waals surface area contributed by atoms with Crippen LogP contribution in [0.15, 0.2) is 42.5 Å². The van der Waals surface area contributed by atoms with Crippen molar-refractivity contribution in [3.8, 4) is 0 Å². The second-order valence-corrected chi connectivity index (χ2v) is 8.26. The van der Waals surface area contributed by atoms with Crippen molar-refractivity contribution < 1.29 is 14.0 Å². The number of nitrogens with zero attached hydrogens (tertiary/aromatic N) is 1. The van der Waals surface area contributed by atoms with Gasteiger partial charge in [-0.2, -0.15) is 0 Å². The zero-order valence-corrected chi connectivity index (χ0v) is 18.6. The molecule has 0 unspecified atom stereocenters. The summed E-state index contributed by atoms with van der Waals surface area (Å²) in [6.07, 6.45) is 0. The molecule has 156 valence electrons. The fourth-order valence-electron chi connectivity index (χ4n) is 2.66. The van der Waals surface area contributed by atoms with Gasteiger partial charge in [0.2, 0.25) is 11.8 Å². The molecule has 0 saturated carbocycles. The minimum atomic E-state index is -0.641. The van der Waals surface area contributed by atoms with Gasteiger partial charge in [0, 0.05) is 18.8 Å². The quantitative estimate of drug-likeness (QED) is 0.582. The van der Waals surface area contributed by atoms with Crippen LogP contribution in [-0.2, 0) is 21.9 Å². The molecule has 0 heterocycles. The van der Waals surface area contributed by atoms with Crippen molar-refractivity contribution in [2.45, 2.75) is 32.2 Å². The molecule has 0 radical (unpaired) electrons. The van der Waals surface area contributed by atoms with Crippen molar-refractivity contribution in [2.75, 3.05) is 12.3 Å². The Morgan fingerprint density at radius 2 is 1.76 bits per heavy atom. The molecule has 29 heavy (non-hydrogen) atoms. The number of rotatable bonds is 9. The summed E-state index contributed by atoms with van der Waals surface area (Å²) in [5.41, 5.74) is 1.71. The van der Waals surface area contributed by atoms with E-state index >= 15 is 0 Å². The van der Waals surface area contributed by atoms with Gasteiger partial charge in [-0.1, -0.05) is 41.4 Å². The van der Waals surface area contributed by atoms with Gasteiger partial charge in [-0.05, 0) is 49.2 Å². The van der Waals surface area contributed by atoms with E-state index in [1.807, 2.05) is 13.0 Å². The summed E-state index contributed by atoms with van der Waals surface area (Å²) in [6.45, 7) is 4.22. The lowest BCUT2D eigenvalue weighted by Gasteiger charge is -2.28. The standard InChI is InChI=1S/C21H23Cl2FN2O2S/c1-3-25-21(28)14(2)26(11-15-4-7-17(24)8-5-15)20(27)13-29-12-16-6-9-18(22)19(23)10-16/h4-10,14H,3,11-13H2,1-2H3,(H,25,28)/t14-/m1/s1. The lowest BCUT2D eigenvalue weighted by Crippen LogP contribution is -2.48. The molecular weight excluding hydrogens is 434 g/mol. The molecule has 2 amide bonds. The summed E-state index contributed by atoms with van der Waals surface area (Å²) in [4.78, 5) is 26.7. The van der Waals surface area contributed by atoms with E-state index in [4.69, 9.17) is 23.2 Å². The highest BCUT2D eigenvalue weighted by Gasteiger charge is 2.25. The van der Waals surface area contributed by atoms with Gasteiger partial charge in [-0.25, -0.2) is 4.39 Å². The number of nitrogens with one attached hydrogen (secondary N) is 1. The predicted octanol–water partition coefficient (Wildman–Crippen LogP) is 4.92. The maximum atomic E-state index is 13.2. The highest BCUT2D eigenvalue weighted by atomic mass is 35.5. The number of carbonyl (C=O) groups excluding carboxylic acids is 2. The Bertz CT molecular complexity index is 849. The van der Waals surface area contributed by atoms with E-state index < -0.39 is 6.04 Å². The van der Waals surface area contributed by atoms with Crippen LogP contribution in [0.1, 0.15) is 25.0 Å². The van der Waals surface area contributed by atoms with Gasteiger partial charge in [0.1, 0.15) is 11.9 Å². The van der Waals surface area contributed by atoms with Gasteiger partial charge in [0.25, 0.3) is 0 Å². The van der Waals surface area contributed by atoms with Crippen molar-refractivity contribution >= 4 is 46.8 Å². The number of thioether (sulfide) groups is 1. The molecule has 2 aromatic carbocycles. The first-order valence-corrected chi connectivity index (χ1v) is 11.1. The monoisotopic (exact) mass is 456 g/mol. The predicted molar refractivity (Wildman–Crippen MR) is 118 cm³/mol. The lowest BCUT2D eigenvalue weighted by molar-refractivity contribution is -0.138. The van der Waals surface area contributed by atoms with Crippen LogP contribution in [0, 0.1) is 5.82 Å². The Balaban J connectivity index is 2.05. The fraction of sp³-hybridized carbons (Fsp3) is 0.333. The molecule has 0 aromatic heterocycles. The van der Waals surface area contributed by atoms with Crippen molar-refractivity contribution in [3.63, 3.8) is 0 Å². The van der Waals surface area contributed by atoms with E-state index in [-0.39, 0.29) is 29.9 Å². The molecule has 1 N–H and O–H groups in total. The minimum absolute atomic E-state index is 0.168. The summed E-state index contributed by atoms with van der Waals surface area (Å²) in [7, 11) is 0. The molecule has 0 bridgehead atoms. The van der Waals surface area contributed by atoms with Gasteiger partial charge in [-0.3, -0.25) is 9.59 Å². The Hall–Kier alpha value is -1.76. The van der Waals surface area contributed by atoms with E-state index in [0.717, 1.165) is 11.1 Å². The summed E-state index contributed by atoms with van der Waals surface area (Å²) < 4.78 is 13.2. The van der Waals surface area contributed by atoms with Crippen LogP contribution in [0.25, 0.3) is 0 Å². The molecule has 8 heteroatoms. The van der Waals surface area contributed by atoms with Gasteiger partial charge in [0.05, 0.1) is 15.8 Å². The second kappa shape index (κ2) is 11.4. The first kappa shape index (κ1) is 23.5. The first-order valence-electron chi connectivity index (χ1n) is 9.15. The Morgan fingerprint density at radius 1 is 1.10 bits per heavy atom. The average Bonchev–Trinajstić information content (AvgIpc) is 2.69. The Labute approximate surface area is 184 Å². The van der Waals surface area contributed by atoms with E-state index in [1.54, 1.807) is 31.2 Å². The number of amides is 2. The Morgan fingerprint density at radius 3 is 2.38 bits per heavy atom. The molecule has 0 aliphatic heterocycles. The van der Waals surface area contributed by atoms with Crippen LogP contribution < -0.4 is 5.32 Å². The maximum Gasteiger partial charge on any atom is 0.242 e. The van der Waals surface area contributed by atoms with E-state index in [2.05, 4.69) is 5.32 Å². The van der Waals surface area contributed by atoms with Crippen LogP contribution in [0.4, 0.5) is 4.39 Å². The van der Waals surface area contributed by atoms with Crippen molar-refractivity contribution in [2.24, 2.45) is 0 Å².